The van der Waals surface area contributed by atoms with Gasteiger partial charge in [0.05, 0.1) is 0 Å². The molecule has 94 valence electrons. The fourth-order valence-corrected chi connectivity index (χ4v) is 1.91. The maximum Gasteiger partial charge on any atom is 0.224 e. The number of benzene rings is 1. The van der Waals surface area contributed by atoms with Gasteiger partial charge in [0.25, 0.3) is 0 Å². The Balaban J connectivity index is 2.10. The Morgan fingerprint density at radius 2 is 2.00 bits per heavy atom. The molecule has 0 atom stereocenters. The zero-order chi connectivity index (χ0) is 12.8. The van der Waals surface area contributed by atoms with Crippen LogP contribution in [0.2, 0.25) is 5.28 Å². The molecule has 2 rings (SSSR count). The zero-order valence-corrected chi connectivity index (χ0v) is 11.1. The molecule has 0 saturated carbocycles. The lowest BCUT2D eigenvalue weighted by molar-refractivity contribution is 0.897. The highest BCUT2D eigenvalue weighted by Crippen LogP contribution is 2.16. The first-order valence-electron chi connectivity index (χ1n) is 6.09. The predicted octanol–water partition coefficient (Wildman–Crippen LogP) is 3.69. The van der Waals surface area contributed by atoms with Crippen molar-refractivity contribution in [2.24, 2.45) is 0 Å². The molecule has 0 unspecified atom stereocenters. The van der Waals surface area contributed by atoms with Gasteiger partial charge < -0.3 is 5.32 Å². The molecule has 3 nitrogen and oxygen atoms in total. The van der Waals surface area contributed by atoms with E-state index in [0.717, 1.165) is 30.8 Å². The summed E-state index contributed by atoms with van der Waals surface area (Å²) in [5.41, 5.74) is 2.33. The van der Waals surface area contributed by atoms with Gasteiger partial charge in [-0.15, -0.1) is 0 Å². The number of halogens is 1. The molecule has 4 heteroatoms. The second-order valence-electron chi connectivity index (χ2n) is 4.10. The van der Waals surface area contributed by atoms with Crippen molar-refractivity contribution in [1.29, 1.82) is 0 Å². The highest BCUT2D eigenvalue weighted by atomic mass is 35.5. The minimum atomic E-state index is 0.283. The third kappa shape index (κ3) is 3.44. The Morgan fingerprint density at radius 3 is 2.72 bits per heavy atom. The summed E-state index contributed by atoms with van der Waals surface area (Å²) >= 11 is 5.84. The number of aromatic nitrogens is 2. The second-order valence-corrected chi connectivity index (χ2v) is 4.44. The number of nitrogens with zero attached hydrogens (tertiary/aromatic N) is 2. The first kappa shape index (κ1) is 12.8. The highest BCUT2D eigenvalue weighted by Gasteiger charge is 2.05. The monoisotopic (exact) mass is 261 g/mol. The molecule has 0 bridgehead atoms. The lowest BCUT2D eigenvalue weighted by Crippen LogP contribution is -2.05. The lowest BCUT2D eigenvalue weighted by Gasteiger charge is -2.10. The Bertz CT molecular complexity index is 500. The molecule has 0 aliphatic rings. The molecular formula is C14H16ClN3. The fraction of sp³-hybridized carbons (Fsp3) is 0.286. The molecule has 0 spiro atoms. The van der Waals surface area contributed by atoms with Crippen LogP contribution in [0.1, 0.15) is 24.5 Å². The van der Waals surface area contributed by atoms with Crippen LogP contribution in [0.15, 0.2) is 36.5 Å². The molecule has 2 aromatic rings. The molecule has 1 aromatic carbocycles. The molecule has 1 aromatic heterocycles. The molecule has 0 radical (unpaired) electrons. The Labute approximate surface area is 112 Å². The van der Waals surface area contributed by atoms with Crippen LogP contribution in [0.25, 0.3) is 0 Å². The molecule has 1 N–H and O–H groups in total. The van der Waals surface area contributed by atoms with Gasteiger partial charge in [0.2, 0.25) is 5.28 Å². The smallest absolute Gasteiger partial charge is 0.224 e. The van der Waals surface area contributed by atoms with Crippen molar-refractivity contribution in [2.75, 3.05) is 5.32 Å². The van der Waals surface area contributed by atoms with Crippen molar-refractivity contribution < 1.29 is 0 Å². The topological polar surface area (TPSA) is 37.8 Å². The molecule has 18 heavy (non-hydrogen) atoms. The summed E-state index contributed by atoms with van der Waals surface area (Å²) < 4.78 is 0. The summed E-state index contributed by atoms with van der Waals surface area (Å²) in [6.07, 6.45) is 3.81. The van der Waals surface area contributed by atoms with E-state index in [1.54, 1.807) is 6.20 Å². The standard InChI is InChI=1S/C14H16ClN3/c1-2-6-12-10-17-14(15)18-13(12)16-9-11-7-4-3-5-8-11/h3-5,7-8,10H,2,6,9H2,1H3,(H,16,17,18). The average Bonchev–Trinajstić information content (AvgIpc) is 2.40. The van der Waals surface area contributed by atoms with Crippen molar-refractivity contribution in [3.8, 4) is 0 Å². The van der Waals surface area contributed by atoms with Crippen molar-refractivity contribution >= 4 is 17.4 Å². The molecular weight excluding hydrogens is 246 g/mol. The van der Waals surface area contributed by atoms with E-state index in [4.69, 9.17) is 11.6 Å². The van der Waals surface area contributed by atoms with Gasteiger partial charge in [-0.25, -0.2) is 9.97 Å². The minimum Gasteiger partial charge on any atom is -0.366 e. The largest absolute Gasteiger partial charge is 0.366 e. The molecule has 0 fully saturated rings. The van der Waals surface area contributed by atoms with Crippen molar-refractivity contribution in [3.63, 3.8) is 0 Å². The fourth-order valence-electron chi connectivity index (χ4n) is 1.77. The van der Waals surface area contributed by atoms with Crippen LogP contribution >= 0.6 is 11.6 Å². The number of rotatable bonds is 5. The van der Waals surface area contributed by atoms with Gasteiger partial charge >= 0.3 is 0 Å². The van der Waals surface area contributed by atoms with Gasteiger partial charge in [0.1, 0.15) is 5.82 Å². The van der Waals surface area contributed by atoms with Gasteiger partial charge in [-0.1, -0.05) is 43.7 Å². The van der Waals surface area contributed by atoms with Gasteiger partial charge in [0, 0.05) is 18.3 Å². The number of hydrogen-bond donors (Lipinski definition) is 1. The van der Waals surface area contributed by atoms with Crippen molar-refractivity contribution in [3.05, 3.63) is 52.9 Å². The highest BCUT2D eigenvalue weighted by molar-refractivity contribution is 6.28. The zero-order valence-electron chi connectivity index (χ0n) is 10.4. The van der Waals surface area contributed by atoms with Crippen LogP contribution in [0.4, 0.5) is 5.82 Å². The summed E-state index contributed by atoms with van der Waals surface area (Å²) in [7, 11) is 0. The first-order valence-corrected chi connectivity index (χ1v) is 6.46. The van der Waals surface area contributed by atoms with Crippen LogP contribution in [-0.4, -0.2) is 9.97 Å². The van der Waals surface area contributed by atoms with E-state index in [9.17, 15) is 0 Å². The van der Waals surface area contributed by atoms with E-state index in [-0.39, 0.29) is 5.28 Å². The molecule has 0 amide bonds. The number of aryl methyl sites for hydroxylation is 1. The maximum atomic E-state index is 5.84. The summed E-state index contributed by atoms with van der Waals surface area (Å²) in [5.74, 6) is 0.834. The van der Waals surface area contributed by atoms with E-state index in [1.165, 1.54) is 5.56 Å². The van der Waals surface area contributed by atoms with E-state index in [1.807, 2.05) is 18.2 Å². The van der Waals surface area contributed by atoms with Crippen LogP contribution in [0.3, 0.4) is 0 Å². The molecule has 0 aliphatic carbocycles. The number of anilines is 1. The van der Waals surface area contributed by atoms with Gasteiger partial charge in [-0.3, -0.25) is 0 Å². The Kier molecular flexibility index (Phi) is 4.53. The van der Waals surface area contributed by atoms with E-state index in [2.05, 4.69) is 34.3 Å². The molecule has 1 heterocycles. The van der Waals surface area contributed by atoms with Gasteiger partial charge in [0.15, 0.2) is 0 Å². The van der Waals surface area contributed by atoms with Crippen LogP contribution in [0.5, 0.6) is 0 Å². The van der Waals surface area contributed by atoms with E-state index in [0.29, 0.717) is 0 Å². The predicted molar refractivity (Wildman–Crippen MR) is 74.8 cm³/mol. The number of nitrogens with one attached hydrogen (secondary N) is 1. The maximum absolute atomic E-state index is 5.84. The van der Waals surface area contributed by atoms with Crippen LogP contribution in [-0.2, 0) is 13.0 Å². The first-order chi connectivity index (χ1) is 8.79. The quantitative estimate of drug-likeness (QED) is 0.834. The minimum absolute atomic E-state index is 0.283. The van der Waals surface area contributed by atoms with Gasteiger partial charge in [-0.2, -0.15) is 0 Å². The summed E-state index contributed by atoms with van der Waals surface area (Å²) in [5, 5.41) is 3.60. The third-order valence-electron chi connectivity index (χ3n) is 2.66. The Morgan fingerprint density at radius 1 is 1.22 bits per heavy atom. The second kappa shape index (κ2) is 6.36. The Hall–Kier alpha value is -1.61. The van der Waals surface area contributed by atoms with Crippen molar-refractivity contribution in [2.45, 2.75) is 26.3 Å². The van der Waals surface area contributed by atoms with Crippen LogP contribution in [0, 0.1) is 0 Å². The van der Waals surface area contributed by atoms with Crippen molar-refractivity contribution in [1.82, 2.24) is 9.97 Å². The summed E-state index contributed by atoms with van der Waals surface area (Å²) in [4.78, 5) is 8.28. The van der Waals surface area contributed by atoms with Gasteiger partial charge in [-0.05, 0) is 23.6 Å². The average molecular weight is 262 g/mol. The normalized spacial score (nSPS) is 10.3. The van der Waals surface area contributed by atoms with Crippen LogP contribution < -0.4 is 5.32 Å². The lowest BCUT2D eigenvalue weighted by atomic mass is 10.2. The molecule has 0 saturated heterocycles. The number of hydrogen-bond acceptors (Lipinski definition) is 3. The SMILES string of the molecule is CCCc1cnc(Cl)nc1NCc1ccccc1. The summed E-state index contributed by atoms with van der Waals surface area (Å²) in [6, 6.07) is 10.2. The molecule has 0 aliphatic heterocycles. The third-order valence-corrected chi connectivity index (χ3v) is 2.84. The van der Waals surface area contributed by atoms with E-state index >= 15 is 0 Å². The summed E-state index contributed by atoms with van der Waals surface area (Å²) in [6.45, 7) is 2.88. The van der Waals surface area contributed by atoms with E-state index < -0.39 is 0 Å².